The van der Waals surface area contributed by atoms with Crippen LogP contribution in [0.3, 0.4) is 0 Å². The average Bonchev–Trinajstić information content (AvgIpc) is 2.37. The highest BCUT2D eigenvalue weighted by atomic mass is 16.5. The number of nitrogens with one attached hydrogen (secondary N) is 1. The predicted molar refractivity (Wildman–Crippen MR) is 74.5 cm³/mol. The van der Waals surface area contributed by atoms with Gasteiger partial charge < -0.3 is 15.2 Å². The molecule has 3 nitrogen and oxygen atoms in total. The minimum atomic E-state index is 0.116. The van der Waals surface area contributed by atoms with Crippen LogP contribution in [0.5, 0.6) is 0 Å². The molecule has 2 atom stereocenters. The molecule has 2 unspecified atom stereocenters. The normalized spacial score (nSPS) is 14.7. The molecule has 0 saturated heterocycles. The fraction of sp³-hybridized carbons (Fsp3) is 0.600. The molecule has 1 aromatic rings. The first-order valence-corrected chi connectivity index (χ1v) is 6.58. The van der Waals surface area contributed by atoms with Gasteiger partial charge in [-0.05, 0) is 17.9 Å². The second kappa shape index (κ2) is 8.25. The molecule has 0 heterocycles. The van der Waals surface area contributed by atoms with E-state index in [2.05, 4.69) is 31.3 Å². The maximum Gasteiger partial charge on any atom is 0.0657 e. The van der Waals surface area contributed by atoms with Crippen LogP contribution in [0.1, 0.15) is 31.9 Å². The van der Waals surface area contributed by atoms with Gasteiger partial charge in [0.1, 0.15) is 0 Å². The monoisotopic (exact) mass is 251 g/mol. The van der Waals surface area contributed by atoms with Crippen LogP contribution >= 0.6 is 0 Å². The third-order valence-electron chi connectivity index (χ3n) is 2.95. The van der Waals surface area contributed by atoms with Gasteiger partial charge in [0.15, 0.2) is 0 Å². The SMILES string of the molecule is COCC(NC(CO)CC(C)C)c1ccccc1. The van der Waals surface area contributed by atoms with Crippen LogP contribution in [0, 0.1) is 5.92 Å². The van der Waals surface area contributed by atoms with Crippen molar-refractivity contribution in [2.75, 3.05) is 20.3 Å². The Morgan fingerprint density at radius 2 is 1.89 bits per heavy atom. The number of rotatable bonds is 8. The van der Waals surface area contributed by atoms with Gasteiger partial charge in [-0.25, -0.2) is 0 Å². The molecule has 0 fully saturated rings. The van der Waals surface area contributed by atoms with Crippen molar-refractivity contribution in [1.29, 1.82) is 0 Å². The zero-order valence-corrected chi connectivity index (χ0v) is 11.6. The molecule has 0 saturated carbocycles. The topological polar surface area (TPSA) is 41.5 Å². The smallest absolute Gasteiger partial charge is 0.0657 e. The number of ether oxygens (including phenoxy) is 1. The number of benzene rings is 1. The fourth-order valence-corrected chi connectivity index (χ4v) is 2.14. The lowest BCUT2D eigenvalue weighted by Gasteiger charge is -2.25. The summed E-state index contributed by atoms with van der Waals surface area (Å²) in [5.41, 5.74) is 1.20. The maximum atomic E-state index is 9.44. The molecule has 0 spiro atoms. The van der Waals surface area contributed by atoms with E-state index in [0.29, 0.717) is 12.5 Å². The van der Waals surface area contributed by atoms with E-state index in [0.717, 1.165) is 6.42 Å². The van der Waals surface area contributed by atoms with Crippen LogP contribution in [0.15, 0.2) is 30.3 Å². The molecule has 102 valence electrons. The van der Waals surface area contributed by atoms with Gasteiger partial charge in [0, 0.05) is 13.2 Å². The zero-order valence-electron chi connectivity index (χ0n) is 11.6. The molecule has 0 bridgehead atoms. The molecular formula is C15H25NO2. The van der Waals surface area contributed by atoms with Crippen LogP contribution < -0.4 is 5.32 Å². The van der Waals surface area contributed by atoms with Gasteiger partial charge in [-0.1, -0.05) is 44.2 Å². The van der Waals surface area contributed by atoms with Crippen molar-refractivity contribution in [2.45, 2.75) is 32.4 Å². The molecule has 1 aromatic carbocycles. The van der Waals surface area contributed by atoms with Crippen LogP contribution in [-0.2, 0) is 4.74 Å². The zero-order chi connectivity index (χ0) is 13.4. The first-order chi connectivity index (χ1) is 8.67. The Morgan fingerprint density at radius 1 is 1.22 bits per heavy atom. The van der Waals surface area contributed by atoms with Crippen LogP contribution in [0.2, 0.25) is 0 Å². The molecule has 0 aliphatic carbocycles. The second-order valence-electron chi connectivity index (χ2n) is 5.09. The van der Waals surface area contributed by atoms with Crippen molar-refractivity contribution < 1.29 is 9.84 Å². The standard InChI is InChI=1S/C15H25NO2/c1-12(2)9-14(10-17)16-15(11-18-3)13-7-5-4-6-8-13/h4-8,12,14-17H,9-11H2,1-3H3. The molecule has 0 aliphatic rings. The molecule has 0 aliphatic heterocycles. The largest absolute Gasteiger partial charge is 0.395 e. The molecule has 3 heteroatoms. The number of methoxy groups -OCH3 is 1. The van der Waals surface area contributed by atoms with E-state index in [4.69, 9.17) is 4.74 Å². The Morgan fingerprint density at radius 3 is 2.39 bits per heavy atom. The second-order valence-corrected chi connectivity index (χ2v) is 5.09. The van der Waals surface area contributed by atoms with E-state index in [9.17, 15) is 5.11 Å². The minimum absolute atomic E-state index is 0.116. The number of aliphatic hydroxyl groups is 1. The Balaban J connectivity index is 2.67. The highest BCUT2D eigenvalue weighted by Gasteiger charge is 2.17. The van der Waals surface area contributed by atoms with Crippen molar-refractivity contribution in [3.05, 3.63) is 35.9 Å². The van der Waals surface area contributed by atoms with E-state index in [-0.39, 0.29) is 18.7 Å². The minimum Gasteiger partial charge on any atom is -0.395 e. The number of hydrogen-bond acceptors (Lipinski definition) is 3. The molecule has 18 heavy (non-hydrogen) atoms. The Hall–Kier alpha value is -0.900. The highest BCUT2D eigenvalue weighted by molar-refractivity contribution is 5.19. The van der Waals surface area contributed by atoms with E-state index in [1.165, 1.54) is 5.56 Å². The maximum absolute atomic E-state index is 9.44. The molecular weight excluding hydrogens is 226 g/mol. The Labute approximate surface area is 110 Å². The highest BCUT2D eigenvalue weighted by Crippen LogP contribution is 2.15. The van der Waals surface area contributed by atoms with Gasteiger partial charge in [-0.15, -0.1) is 0 Å². The van der Waals surface area contributed by atoms with Crippen LogP contribution in [0.4, 0.5) is 0 Å². The summed E-state index contributed by atoms with van der Waals surface area (Å²) in [6, 6.07) is 10.5. The summed E-state index contributed by atoms with van der Waals surface area (Å²) < 4.78 is 5.26. The first kappa shape index (κ1) is 15.2. The third kappa shape index (κ3) is 5.17. The first-order valence-electron chi connectivity index (χ1n) is 6.58. The molecule has 1 rings (SSSR count). The van der Waals surface area contributed by atoms with Crippen LogP contribution in [-0.4, -0.2) is 31.5 Å². The summed E-state index contributed by atoms with van der Waals surface area (Å²) in [6.07, 6.45) is 0.962. The fourth-order valence-electron chi connectivity index (χ4n) is 2.14. The van der Waals surface area contributed by atoms with Gasteiger partial charge in [-0.3, -0.25) is 0 Å². The van der Waals surface area contributed by atoms with Crippen LogP contribution in [0.25, 0.3) is 0 Å². The molecule has 0 aromatic heterocycles. The van der Waals surface area contributed by atoms with Gasteiger partial charge in [0.2, 0.25) is 0 Å². The Kier molecular flexibility index (Phi) is 6.94. The van der Waals surface area contributed by atoms with Crippen molar-refractivity contribution in [3.8, 4) is 0 Å². The van der Waals surface area contributed by atoms with Gasteiger partial charge in [0.25, 0.3) is 0 Å². The summed E-state index contributed by atoms with van der Waals surface area (Å²) >= 11 is 0. The molecule has 0 radical (unpaired) electrons. The van der Waals surface area contributed by atoms with Gasteiger partial charge >= 0.3 is 0 Å². The molecule has 0 amide bonds. The van der Waals surface area contributed by atoms with Gasteiger partial charge in [0.05, 0.1) is 19.3 Å². The lowest BCUT2D eigenvalue weighted by Crippen LogP contribution is -2.38. The summed E-state index contributed by atoms with van der Waals surface area (Å²) in [4.78, 5) is 0. The summed E-state index contributed by atoms with van der Waals surface area (Å²) in [5.74, 6) is 0.564. The lowest BCUT2D eigenvalue weighted by atomic mass is 10.0. The van der Waals surface area contributed by atoms with E-state index in [1.807, 2.05) is 18.2 Å². The van der Waals surface area contributed by atoms with Crippen molar-refractivity contribution in [1.82, 2.24) is 5.32 Å². The van der Waals surface area contributed by atoms with E-state index < -0.39 is 0 Å². The third-order valence-corrected chi connectivity index (χ3v) is 2.95. The van der Waals surface area contributed by atoms with Crippen molar-refractivity contribution in [3.63, 3.8) is 0 Å². The van der Waals surface area contributed by atoms with Crippen molar-refractivity contribution in [2.24, 2.45) is 5.92 Å². The predicted octanol–water partition coefficient (Wildman–Crippen LogP) is 2.37. The average molecular weight is 251 g/mol. The van der Waals surface area contributed by atoms with E-state index in [1.54, 1.807) is 7.11 Å². The van der Waals surface area contributed by atoms with E-state index >= 15 is 0 Å². The van der Waals surface area contributed by atoms with Crippen molar-refractivity contribution >= 4 is 0 Å². The number of hydrogen-bond donors (Lipinski definition) is 2. The Bertz CT molecular complexity index is 314. The number of aliphatic hydroxyl groups excluding tert-OH is 1. The summed E-state index contributed by atoms with van der Waals surface area (Å²) in [6.45, 7) is 5.10. The summed E-state index contributed by atoms with van der Waals surface area (Å²) in [5, 5.41) is 12.9. The quantitative estimate of drug-likeness (QED) is 0.745. The summed E-state index contributed by atoms with van der Waals surface area (Å²) in [7, 11) is 1.70. The van der Waals surface area contributed by atoms with Gasteiger partial charge in [-0.2, -0.15) is 0 Å². The molecule has 2 N–H and O–H groups in total. The lowest BCUT2D eigenvalue weighted by molar-refractivity contribution is 0.143.